The molecule has 0 atom stereocenters. The van der Waals surface area contributed by atoms with Crippen LogP contribution in [-0.2, 0) is 19.6 Å². The normalized spacial score (nSPS) is 11.0. The second-order valence-electron chi connectivity index (χ2n) is 5.20. The lowest BCUT2D eigenvalue weighted by Crippen LogP contribution is -2.36. The minimum Gasteiger partial charge on any atom is -0.497 e. The fourth-order valence-electron chi connectivity index (χ4n) is 2.27. The summed E-state index contributed by atoms with van der Waals surface area (Å²) in [5.74, 6) is -0.198. The van der Waals surface area contributed by atoms with Crippen molar-refractivity contribution in [3.05, 3.63) is 46.4 Å². The molecule has 0 spiro atoms. The first-order valence-corrected chi connectivity index (χ1v) is 9.70. The average molecular weight is 434 g/mol. The van der Waals surface area contributed by atoms with Crippen molar-refractivity contribution in [2.75, 3.05) is 32.2 Å². The van der Waals surface area contributed by atoms with Crippen molar-refractivity contribution in [1.29, 1.82) is 0 Å². The van der Waals surface area contributed by atoms with Gasteiger partial charge in [-0.05, 0) is 30.3 Å². The van der Waals surface area contributed by atoms with E-state index in [9.17, 15) is 13.2 Å². The van der Waals surface area contributed by atoms with E-state index in [0.29, 0.717) is 5.75 Å². The van der Waals surface area contributed by atoms with Crippen molar-refractivity contribution in [3.8, 4) is 11.5 Å². The Hall–Kier alpha value is -2.16. The van der Waals surface area contributed by atoms with Crippen molar-refractivity contribution in [3.63, 3.8) is 0 Å². The summed E-state index contributed by atoms with van der Waals surface area (Å²) in [6.07, 6.45) is 0. The maximum Gasteiger partial charge on any atom is 0.326 e. The standard InChI is InChI=1S/C17H17Cl2NO6S/c1-24-12-5-7-15(25-2)14(9-12)20(10-17(21)26-3)27(22,23)16-8-11(18)4-6-13(16)19/h4-9H,10H2,1-3H3. The molecule has 10 heteroatoms. The van der Waals surface area contributed by atoms with Crippen LogP contribution >= 0.6 is 23.2 Å². The third kappa shape index (κ3) is 4.58. The van der Waals surface area contributed by atoms with Gasteiger partial charge in [-0.15, -0.1) is 0 Å². The van der Waals surface area contributed by atoms with Gasteiger partial charge in [0.25, 0.3) is 10.0 Å². The first-order chi connectivity index (χ1) is 12.7. The van der Waals surface area contributed by atoms with Gasteiger partial charge in [0.1, 0.15) is 22.9 Å². The average Bonchev–Trinajstić information content (AvgIpc) is 2.66. The lowest BCUT2D eigenvalue weighted by molar-refractivity contribution is -0.138. The van der Waals surface area contributed by atoms with Gasteiger partial charge in [0.2, 0.25) is 0 Å². The Bertz CT molecular complexity index is 948. The Morgan fingerprint density at radius 2 is 1.74 bits per heavy atom. The van der Waals surface area contributed by atoms with Gasteiger partial charge in [0.15, 0.2) is 0 Å². The number of methoxy groups -OCH3 is 3. The summed E-state index contributed by atoms with van der Waals surface area (Å²) in [4.78, 5) is 11.7. The molecule has 27 heavy (non-hydrogen) atoms. The molecular formula is C17H17Cl2NO6S. The zero-order valence-corrected chi connectivity index (χ0v) is 17.1. The lowest BCUT2D eigenvalue weighted by Gasteiger charge is -2.26. The Morgan fingerprint density at radius 3 is 2.33 bits per heavy atom. The number of nitrogens with zero attached hydrogens (tertiary/aromatic N) is 1. The molecule has 0 saturated carbocycles. The highest BCUT2D eigenvalue weighted by Crippen LogP contribution is 2.37. The van der Waals surface area contributed by atoms with Gasteiger partial charge in [-0.1, -0.05) is 23.2 Å². The number of halogens is 2. The number of benzene rings is 2. The van der Waals surface area contributed by atoms with E-state index in [1.54, 1.807) is 6.07 Å². The molecule has 0 heterocycles. The number of carbonyl (C=O) groups is 1. The number of hydrogen-bond acceptors (Lipinski definition) is 6. The van der Waals surface area contributed by atoms with E-state index in [0.717, 1.165) is 11.4 Å². The minimum atomic E-state index is -4.29. The Balaban J connectivity index is 2.72. The first-order valence-electron chi connectivity index (χ1n) is 7.51. The van der Waals surface area contributed by atoms with Crippen LogP contribution in [0.15, 0.2) is 41.3 Å². The number of rotatable bonds is 7. The van der Waals surface area contributed by atoms with Gasteiger partial charge in [0.05, 0.1) is 32.0 Å². The van der Waals surface area contributed by atoms with Crippen LogP contribution in [0, 0.1) is 0 Å². The third-order valence-electron chi connectivity index (χ3n) is 3.62. The van der Waals surface area contributed by atoms with E-state index in [1.165, 1.54) is 44.6 Å². The molecular weight excluding hydrogens is 417 g/mol. The van der Waals surface area contributed by atoms with Gasteiger partial charge in [0, 0.05) is 11.1 Å². The number of esters is 1. The number of carbonyl (C=O) groups excluding carboxylic acids is 1. The fraction of sp³-hybridized carbons (Fsp3) is 0.235. The minimum absolute atomic E-state index is 0.0453. The largest absolute Gasteiger partial charge is 0.497 e. The summed E-state index contributed by atoms with van der Waals surface area (Å²) in [6, 6.07) is 8.56. The Labute approximate surface area is 167 Å². The van der Waals surface area contributed by atoms with Crippen LogP contribution in [0.1, 0.15) is 0 Å². The molecule has 0 aliphatic rings. The molecule has 0 amide bonds. The summed E-state index contributed by atoms with van der Waals surface area (Å²) in [6.45, 7) is -0.606. The van der Waals surface area contributed by atoms with Crippen LogP contribution < -0.4 is 13.8 Å². The van der Waals surface area contributed by atoms with Gasteiger partial charge in [-0.3, -0.25) is 9.10 Å². The molecule has 0 N–H and O–H groups in total. The molecule has 146 valence electrons. The van der Waals surface area contributed by atoms with E-state index in [1.807, 2.05) is 0 Å². The van der Waals surface area contributed by atoms with Crippen molar-refractivity contribution in [2.45, 2.75) is 4.90 Å². The van der Waals surface area contributed by atoms with Gasteiger partial charge in [-0.2, -0.15) is 0 Å². The first kappa shape index (κ1) is 21.1. The van der Waals surface area contributed by atoms with Gasteiger partial charge in [-0.25, -0.2) is 8.42 Å². The molecule has 0 unspecified atom stereocenters. The quantitative estimate of drug-likeness (QED) is 0.622. The van der Waals surface area contributed by atoms with E-state index in [-0.39, 0.29) is 26.4 Å². The highest BCUT2D eigenvalue weighted by molar-refractivity contribution is 7.93. The third-order valence-corrected chi connectivity index (χ3v) is 6.09. The molecule has 2 rings (SSSR count). The highest BCUT2D eigenvalue weighted by atomic mass is 35.5. The van der Waals surface area contributed by atoms with Crippen molar-refractivity contribution in [1.82, 2.24) is 0 Å². The highest BCUT2D eigenvalue weighted by Gasteiger charge is 2.32. The van der Waals surface area contributed by atoms with Crippen molar-refractivity contribution < 1.29 is 27.4 Å². The molecule has 0 saturated heterocycles. The maximum absolute atomic E-state index is 13.3. The zero-order valence-electron chi connectivity index (χ0n) is 14.7. The predicted molar refractivity (Wildman–Crippen MR) is 103 cm³/mol. The summed E-state index contributed by atoms with van der Waals surface area (Å²) >= 11 is 12.0. The summed E-state index contributed by atoms with van der Waals surface area (Å²) < 4.78 is 42.5. The number of sulfonamides is 1. The summed E-state index contributed by atoms with van der Waals surface area (Å²) in [5, 5.41) is 0.129. The van der Waals surface area contributed by atoms with E-state index >= 15 is 0 Å². The summed E-state index contributed by atoms with van der Waals surface area (Å²) in [7, 11) is -0.330. The van der Waals surface area contributed by atoms with Crippen LogP contribution in [0.25, 0.3) is 0 Å². The SMILES string of the molecule is COC(=O)CN(c1cc(OC)ccc1OC)S(=O)(=O)c1cc(Cl)ccc1Cl. The van der Waals surface area contributed by atoms with Crippen LogP contribution in [0.2, 0.25) is 10.0 Å². The summed E-state index contributed by atoms with van der Waals surface area (Å²) in [5.41, 5.74) is 0.0818. The Morgan fingerprint density at radius 1 is 1.04 bits per heavy atom. The van der Waals surface area contributed by atoms with Crippen LogP contribution in [0.3, 0.4) is 0 Å². The number of anilines is 1. The topological polar surface area (TPSA) is 82.1 Å². The van der Waals surface area contributed by atoms with Crippen LogP contribution in [0.4, 0.5) is 5.69 Å². The molecule has 0 aliphatic heterocycles. The lowest BCUT2D eigenvalue weighted by atomic mass is 10.2. The molecule has 0 bridgehead atoms. The number of hydrogen-bond donors (Lipinski definition) is 0. The second kappa shape index (κ2) is 8.69. The van der Waals surface area contributed by atoms with Gasteiger partial charge >= 0.3 is 5.97 Å². The predicted octanol–water partition coefficient (Wildman–Crippen LogP) is 3.38. The molecule has 0 aliphatic carbocycles. The maximum atomic E-state index is 13.3. The molecule has 0 radical (unpaired) electrons. The van der Waals surface area contributed by atoms with Crippen molar-refractivity contribution >= 4 is 44.9 Å². The molecule has 7 nitrogen and oxygen atoms in total. The Kier molecular flexibility index (Phi) is 6.80. The van der Waals surface area contributed by atoms with E-state index in [4.69, 9.17) is 32.7 Å². The van der Waals surface area contributed by atoms with E-state index in [2.05, 4.69) is 4.74 Å². The molecule has 0 fully saturated rings. The molecule has 2 aromatic rings. The fourth-order valence-corrected chi connectivity index (χ4v) is 4.42. The molecule has 0 aromatic heterocycles. The smallest absolute Gasteiger partial charge is 0.326 e. The van der Waals surface area contributed by atoms with Crippen molar-refractivity contribution in [2.24, 2.45) is 0 Å². The zero-order chi connectivity index (χ0) is 20.2. The second-order valence-corrected chi connectivity index (χ2v) is 7.87. The van der Waals surface area contributed by atoms with E-state index < -0.39 is 22.5 Å². The van der Waals surface area contributed by atoms with Crippen LogP contribution in [-0.4, -0.2) is 42.3 Å². The monoisotopic (exact) mass is 433 g/mol. The molecule has 2 aromatic carbocycles. The van der Waals surface area contributed by atoms with Gasteiger partial charge < -0.3 is 14.2 Å². The number of ether oxygens (including phenoxy) is 3. The van der Waals surface area contributed by atoms with Crippen LogP contribution in [0.5, 0.6) is 11.5 Å².